The van der Waals surface area contributed by atoms with Crippen molar-refractivity contribution in [2.45, 2.75) is 0 Å². The molecule has 0 unspecified atom stereocenters. The van der Waals surface area contributed by atoms with Gasteiger partial charge < -0.3 is 18.9 Å². The van der Waals surface area contributed by atoms with Gasteiger partial charge in [-0.1, -0.05) is 25.3 Å². The molecule has 0 saturated carbocycles. The van der Waals surface area contributed by atoms with Crippen LogP contribution in [0.2, 0.25) is 0 Å². The lowest BCUT2D eigenvalue weighted by Gasteiger charge is -2.09. The second-order valence-electron chi connectivity index (χ2n) is 6.26. The van der Waals surface area contributed by atoms with Gasteiger partial charge in [-0.3, -0.25) is 0 Å². The van der Waals surface area contributed by atoms with Crippen LogP contribution in [0.4, 0.5) is 0 Å². The number of ether oxygens (including phenoxy) is 4. The monoisotopic (exact) mass is 376 g/mol. The average molecular weight is 376 g/mol. The lowest BCUT2D eigenvalue weighted by molar-refractivity contribution is 0.344. The summed E-state index contributed by atoms with van der Waals surface area (Å²) in [5, 5.41) is 0. The molecular weight excluding hydrogens is 352 g/mol. The van der Waals surface area contributed by atoms with E-state index in [1.54, 1.807) is 0 Å². The molecule has 0 aromatic heterocycles. The Morgan fingerprint density at radius 1 is 0.500 bits per heavy atom. The maximum absolute atomic E-state index is 5.73. The molecule has 4 heteroatoms. The number of rotatable bonds is 0. The fourth-order valence-corrected chi connectivity index (χ4v) is 2.43. The van der Waals surface area contributed by atoms with Gasteiger partial charge in [0.15, 0.2) is 0 Å². The third-order valence-corrected chi connectivity index (χ3v) is 3.90. The predicted octanol–water partition coefficient (Wildman–Crippen LogP) is 5.14. The SMILES string of the molecule is C=C1/C=C/COc2ccc(cc2)OCC(=C)/C=C/COc2ccc(cc2)OC1. The van der Waals surface area contributed by atoms with Gasteiger partial charge in [-0.15, -0.1) is 0 Å². The van der Waals surface area contributed by atoms with E-state index in [1.807, 2.05) is 72.8 Å². The fourth-order valence-electron chi connectivity index (χ4n) is 2.43. The van der Waals surface area contributed by atoms with Crippen molar-refractivity contribution in [2.75, 3.05) is 26.4 Å². The molecule has 4 bridgehead atoms. The third kappa shape index (κ3) is 6.40. The molecule has 0 spiro atoms. The molecule has 4 aliphatic heterocycles. The van der Waals surface area contributed by atoms with E-state index in [1.165, 1.54) is 0 Å². The van der Waals surface area contributed by atoms with Crippen molar-refractivity contribution in [3.63, 3.8) is 0 Å². The minimum atomic E-state index is 0.410. The minimum absolute atomic E-state index is 0.410. The van der Waals surface area contributed by atoms with E-state index in [-0.39, 0.29) is 0 Å². The first kappa shape index (κ1) is 19.4. The molecule has 0 saturated heterocycles. The molecule has 0 atom stereocenters. The molecule has 144 valence electrons. The second-order valence-corrected chi connectivity index (χ2v) is 6.26. The number of hydrogen-bond acceptors (Lipinski definition) is 4. The van der Waals surface area contributed by atoms with E-state index in [9.17, 15) is 0 Å². The van der Waals surface area contributed by atoms with Crippen molar-refractivity contribution in [1.29, 1.82) is 0 Å². The lowest BCUT2D eigenvalue weighted by Crippen LogP contribution is -2.01. The molecule has 4 nitrogen and oxygen atoms in total. The summed E-state index contributed by atoms with van der Waals surface area (Å²) in [6.07, 6.45) is 7.63. The Kier molecular flexibility index (Phi) is 6.96. The Morgan fingerprint density at radius 2 is 0.821 bits per heavy atom. The van der Waals surface area contributed by atoms with Crippen LogP contribution in [0.5, 0.6) is 23.0 Å². The molecule has 2 aromatic carbocycles. The molecule has 0 radical (unpaired) electrons. The molecule has 0 N–H and O–H groups in total. The summed E-state index contributed by atoms with van der Waals surface area (Å²) in [5.74, 6) is 3.08. The van der Waals surface area contributed by atoms with Gasteiger partial charge in [0.05, 0.1) is 0 Å². The van der Waals surface area contributed by atoms with Gasteiger partial charge in [-0.25, -0.2) is 0 Å². The summed E-state index contributed by atoms with van der Waals surface area (Å²) in [6.45, 7) is 9.71. The van der Waals surface area contributed by atoms with Crippen molar-refractivity contribution in [3.05, 3.63) is 97.1 Å². The zero-order chi connectivity index (χ0) is 19.6. The quantitative estimate of drug-likeness (QED) is 0.638. The van der Waals surface area contributed by atoms with E-state index in [0.29, 0.717) is 26.4 Å². The molecule has 4 aliphatic rings. The van der Waals surface area contributed by atoms with Crippen molar-refractivity contribution >= 4 is 0 Å². The maximum Gasteiger partial charge on any atom is 0.120 e. The highest BCUT2D eigenvalue weighted by Crippen LogP contribution is 2.19. The summed E-state index contributed by atoms with van der Waals surface area (Å²) in [7, 11) is 0. The van der Waals surface area contributed by atoms with Crippen LogP contribution in [-0.4, -0.2) is 26.4 Å². The summed E-state index contributed by atoms with van der Waals surface area (Å²) >= 11 is 0. The largest absolute Gasteiger partial charge is 0.490 e. The molecule has 4 heterocycles. The van der Waals surface area contributed by atoms with Gasteiger partial charge in [0.25, 0.3) is 0 Å². The van der Waals surface area contributed by atoms with E-state index in [4.69, 9.17) is 18.9 Å². The topological polar surface area (TPSA) is 36.9 Å². The zero-order valence-electron chi connectivity index (χ0n) is 15.8. The van der Waals surface area contributed by atoms with Crippen LogP contribution < -0.4 is 18.9 Å². The Balaban J connectivity index is 1.67. The van der Waals surface area contributed by atoms with Crippen LogP contribution >= 0.6 is 0 Å². The first-order chi connectivity index (χ1) is 13.7. The molecule has 0 fully saturated rings. The summed E-state index contributed by atoms with van der Waals surface area (Å²) in [4.78, 5) is 0. The number of benzene rings is 2. The summed E-state index contributed by atoms with van der Waals surface area (Å²) < 4.78 is 22.8. The first-order valence-corrected chi connectivity index (χ1v) is 9.09. The molecule has 28 heavy (non-hydrogen) atoms. The van der Waals surface area contributed by atoms with Crippen LogP contribution in [0.3, 0.4) is 0 Å². The molecule has 6 rings (SSSR count). The van der Waals surface area contributed by atoms with E-state index < -0.39 is 0 Å². The first-order valence-electron chi connectivity index (χ1n) is 9.09. The number of hydrogen-bond donors (Lipinski definition) is 0. The van der Waals surface area contributed by atoms with Gasteiger partial charge in [0, 0.05) is 0 Å². The van der Waals surface area contributed by atoms with Crippen LogP contribution in [0.25, 0.3) is 0 Å². The van der Waals surface area contributed by atoms with E-state index in [0.717, 1.165) is 34.1 Å². The molecule has 2 aromatic rings. The van der Waals surface area contributed by atoms with Gasteiger partial charge >= 0.3 is 0 Å². The van der Waals surface area contributed by atoms with Crippen molar-refractivity contribution in [3.8, 4) is 23.0 Å². The maximum atomic E-state index is 5.73. The normalized spacial score (nSPS) is 17.9. The Hall–Kier alpha value is -3.40. The lowest BCUT2D eigenvalue weighted by atomic mass is 10.3. The van der Waals surface area contributed by atoms with Gasteiger partial charge in [-0.05, 0) is 71.8 Å². The molecular formula is C24H24O4. The molecule has 0 amide bonds. The zero-order valence-corrected chi connectivity index (χ0v) is 15.8. The minimum Gasteiger partial charge on any atom is -0.490 e. The highest BCUT2D eigenvalue weighted by Gasteiger charge is 1.99. The van der Waals surface area contributed by atoms with Gasteiger partial charge in [0.2, 0.25) is 0 Å². The van der Waals surface area contributed by atoms with Crippen molar-refractivity contribution < 1.29 is 18.9 Å². The summed E-state index contributed by atoms with van der Waals surface area (Å²) in [5.41, 5.74) is 1.72. The van der Waals surface area contributed by atoms with Crippen LogP contribution in [0.15, 0.2) is 97.1 Å². The second kappa shape index (κ2) is 10.1. The van der Waals surface area contributed by atoms with E-state index >= 15 is 0 Å². The Morgan fingerprint density at radius 3 is 1.18 bits per heavy atom. The van der Waals surface area contributed by atoms with Crippen LogP contribution in [0, 0.1) is 0 Å². The smallest absolute Gasteiger partial charge is 0.120 e. The van der Waals surface area contributed by atoms with Crippen molar-refractivity contribution in [1.82, 2.24) is 0 Å². The summed E-state index contributed by atoms with van der Waals surface area (Å²) in [6, 6.07) is 15.0. The average Bonchev–Trinajstić information content (AvgIpc) is 2.72. The van der Waals surface area contributed by atoms with Crippen molar-refractivity contribution in [2.24, 2.45) is 0 Å². The third-order valence-electron chi connectivity index (χ3n) is 3.90. The Bertz CT molecular complexity index is 772. The predicted molar refractivity (Wildman–Crippen MR) is 111 cm³/mol. The fraction of sp³-hybridized carbons (Fsp3) is 0.167. The van der Waals surface area contributed by atoms with Crippen LogP contribution in [-0.2, 0) is 0 Å². The highest BCUT2D eigenvalue weighted by atomic mass is 16.5. The van der Waals surface area contributed by atoms with Gasteiger partial charge in [0.1, 0.15) is 49.4 Å². The Labute approximate surface area is 166 Å². The molecule has 0 aliphatic carbocycles. The highest BCUT2D eigenvalue weighted by molar-refractivity contribution is 5.33. The van der Waals surface area contributed by atoms with Gasteiger partial charge in [-0.2, -0.15) is 0 Å². The van der Waals surface area contributed by atoms with E-state index in [2.05, 4.69) is 13.2 Å². The van der Waals surface area contributed by atoms with Crippen LogP contribution in [0.1, 0.15) is 0 Å². The standard InChI is InChI=1S/C24H24O4/c1-19-5-3-15-25-21-9-13-24(14-10-21)28-18-20(2)6-4-16-26-22-7-11-23(12-8-22)27-17-19/h3-14H,1-2,15-18H2/b5-3+,6-4+.